The summed E-state index contributed by atoms with van der Waals surface area (Å²) in [6.07, 6.45) is -7.04. The number of ether oxygens (including phenoxy) is 1. The van der Waals surface area contributed by atoms with Gasteiger partial charge in [-0.1, -0.05) is 20.8 Å². The largest absolute Gasteiger partial charge is 0.573 e. The van der Waals surface area contributed by atoms with Crippen molar-refractivity contribution < 1.29 is 25.0 Å². The van der Waals surface area contributed by atoms with Crippen LogP contribution in [0.3, 0.4) is 0 Å². The first-order valence-corrected chi connectivity index (χ1v) is 4.90. The van der Waals surface area contributed by atoms with E-state index < -0.39 is 35.3 Å². The zero-order valence-electron chi connectivity index (χ0n) is 11.7. The fourth-order valence-electron chi connectivity index (χ4n) is 1.20. The molecule has 0 aliphatic rings. The number of rotatable bonds is 2. The van der Waals surface area contributed by atoms with E-state index in [1.807, 2.05) is 0 Å². The maximum Gasteiger partial charge on any atom is 0.573 e. The Morgan fingerprint density at radius 2 is 1.82 bits per heavy atom. The molecule has 0 unspecified atom stereocenters. The lowest BCUT2D eigenvalue weighted by molar-refractivity contribution is -0.274. The van der Waals surface area contributed by atoms with Crippen molar-refractivity contribution in [1.82, 2.24) is 0 Å². The smallest absolute Gasteiger partial charge is 0.406 e. The minimum Gasteiger partial charge on any atom is -0.406 e. The van der Waals surface area contributed by atoms with Crippen LogP contribution in [0.15, 0.2) is 18.2 Å². The second-order valence-electron chi connectivity index (χ2n) is 4.56. The molecule has 0 atom stereocenters. The van der Waals surface area contributed by atoms with E-state index in [1.165, 1.54) is 20.8 Å². The van der Waals surface area contributed by atoms with Gasteiger partial charge >= 0.3 is 6.36 Å². The molecule has 5 heteroatoms. The van der Waals surface area contributed by atoms with Crippen LogP contribution in [0.2, 0.25) is 0 Å². The van der Waals surface area contributed by atoms with E-state index in [0.29, 0.717) is 0 Å². The maximum atomic E-state index is 13.7. The minimum atomic E-state index is -4.90. The zero-order valence-corrected chi connectivity index (χ0v) is 9.65. The van der Waals surface area contributed by atoms with Crippen molar-refractivity contribution in [2.24, 2.45) is 5.41 Å². The van der Waals surface area contributed by atoms with Crippen LogP contribution in [0, 0.1) is 11.2 Å². The maximum absolute atomic E-state index is 13.7. The van der Waals surface area contributed by atoms with Gasteiger partial charge in [-0.2, -0.15) is 0 Å². The fourth-order valence-corrected chi connectivity index (χ4v) is 1.20. The second kappa shape index (κ2) is 4.55. The molecule has 1 rings (SSSR count). The van der Waals surface area contributed by atoms with Crippen LogP contribution < -0.4 is 4.74 Å². The molecule has 0 aromatic heterocycles. The van der Waals surface area contributed by atoms with Crippen molar-refractivity contribution in [1.29, 1.82) is 0 Å². The summed E-state index contributed by atoms with van der Waals surface area (Å²) < 4.78 is 69.4. The molecular weight excluding hydrogens is 236 g/mol. The summed E-state index contributed by atoms with van der Waals surface area (Å²) in [4.78, 5) is 0. The van der Waals surface area contributed by atoms with Crippen molar-refractivity contribution in [3.05, 3.63) is 29.6 Å². The molecule has 0 radical (unpaired) electrons. The molecule has 0 amide bonds. The monoisotopic (exact) mass is 252 g/mol. The Hall–Kier alpha value is -1.26. The Morgan fingerprint density at radius 1 is 1.24 bits per heavy atom. The molecule has 1 nitrogen and oxygen atoms in total. The summed E-state index contributed by atoms with van der Waals surface area (Å²) in [5, 5.41) is 0. The Labute approximate surface area is 100 Å². The molecule has 0 aliphatic heterocycles. The zero-order chi connectivity index (χ0) is 15.1. The van der Waals surface area contributed by atoms with E-state index in [9.17, 15) is 17.6 Å². The number of halogens is 4. The average Bonchev–Trinajstić information content (AvgIpc) is 2.16. The van der Waals surface area contributed by atoms with Crippen molar-refractivity contribution in [2.75, 3.05) is 0 Å². The molecule has 0 bridgehead atoms. The van der Waals surface area contributed by atoms with Gasteiger partial charge in [-0.15, -0.1) is 13.2 Å². The molecule has 0 heterocycles. The normalized spacial score (nSPS) is 15.2. The first-order valence-electron chi connectivity index (χ1n) is 5.90. The highest BCUT2D eigenvalue weighted by atomic mass is 19.4. The summed E-state index contributed by atoms with van der Waals surface area (Å²) in [5.74, 6) is -1.55. The summed E-state index contributed by atoms with van der Waals surface area (Å²) in [5.41, 5.74) is -1.44. The lowest BCUT2D eigenvalue weighted by atomic mass is 9.88. The number of hydrogen-bond donors (Lipinski definition) is 0. The number of alkyl halides is 3. The molecule has 0 fully saturated rings. The lowest BCUT2D eigenvalue weighted by Gasteiger charge is -2.19. The van der Waals surface area contributed by atoms with Gasteiger partial charge in [0.25, 0.3) is 0 Å². The van der Waals surface area contributed by atoms with E-state index in [2.05, 4.69) is 4.74 Å². The first-order chi connectivity index (χ1) is 8.34. The molecule has 0 N–H and O–H groups in total. The van der Waals surface area contributed by atoms with Crippen LogP contribution in [-0.2, 0) is 6.37 Å². The van der Waals surface area contributed by atoms with Crippen LogP contribution >= 0.6 is 0 Å². The summed E-state index contributed by atoms with van der Waals surface area (Å²) in [7, 11) is 0. The SMILES string of the molecule is [2H]C([2H])(c1cc(OC(F)(F)F)ccc1F)C(C)(C)C. The fraction of sp³-hybridized carbons (Fsp3) is 0.500. The molecule has 0 spiro atoms. The van der Waals surface area contributed by atoms with Gasteiger partial charge in [0.15, 0.2) is 0 Å². The van der Waals surface area contributed by atoms with Crippen LogP contribution in [-0.4, -0.2) is 6.36 Å². The molecule has 1 aromatic carbocycles. The highest BCUT2D eigenvalue weighted by Gasteiger charge is 2.31. The van der Waals surface area contributed by atoms with Gasteiger partial charge in [-0.3, -0.25) is 0 Å². The number of hydrogen-bond acceptors (Lipinski definition) is 1. The van der Waals surface area contributed by atoms with Crippen molar-refractivity contribution in [3.8, 4) is 5.75 Å². The predicted octanol–water partition coefficient (Wildman–Crippen LogP) is 4.31. The highest BCUT2D eigenvalue weighted by Crippen LogP contribution is 2.28. The van der Waals surface area contributed by atoms with Gasteiger partial charge in [-0.25, -0.2) is 4.39 Å². The van der Waals surface area contributed by atoms with Crippen LogP contribution in [0.5, 0.6) is 5.75 Å². The van der Waals surface area contributed by atoms with Gasteiger partial charge in [0, 0.05) is 2.74 Å². The first kappa shape index (κ1) is 10.9. The van der Waals surface area contributed by atoms with E-state index in [1.54, 1.807) is 0 Å². The minimum absolute atomic E-state index is 0.457. The predicted molar refractivity (Wildman–Crippen MR) is 56.2 cm³/mol. The summed E-state index contributed by atoms with van der Waals surface area (Å²) in [6.45, 7) is 4.59. The summed E-state index contributed by atoms with van der Waals surface area (Å²) in [6, 6.07) is 2.32. The van der Waals surface area contributed by atoms with Gasteiger partial charge in [0.1, 0.15) is 11.6 Å². The standard InChI is InChI=1S/C12H14F4O/c1-11(2,3)7-8-6-9(4-5-10(8)13)17-12(14,15)16/h4-6H,7H2,1-3H3/i7D2. The summed E-state index contributed by atoms with van der Waals surface area (Å²) >= 11 is 0. The van der Waals surface area contributed by atoms with E-state index in [4.69, 9.17) is 2.74 Å². The topological polar surface area (TPSA) is 9.23 Å². The second-order valence-corrected chi connectivity index (χ2v) is 4.56. The molecule has 0 saturated heterocycles. The quantitative estimate of drug-likeness (QED) is 0.712. The van der Waals surface area contributed by atoms with Gasteiger partial charge < -0.3 is 4.74 Å². The third-order valence-electron chi connectivity index (χ3n) is 1.68. The van der Waals surface area contributed by atoms with E-state index in [0.717, 1.165) is 18.2 Å². The Bertz CT molecular complexity index is 464. The molecule has 0 aliphatic carbocycles. The molecule has 96 valence electrons. The van der Waals surface area contributed by atoms with Crippen molar-refractivity contribution >= 4 is 0 Å². The van der Waals surface area contributed by atoms with Gasteiger partial charge in [-0.05, 0) is 35.6 Å². The molecule has 0 saturated carbocycles. The Morgan fingerprint density at radius 3 is 2.29 bits per heavy atom. The Kier molecular flexibility index (Phi) is 2.91. The third kappa shape index (κ3) is 5.06. The van der Waals surface area contributed by atoms with E-state index >= 15 is 0 Å². The average molecular weight is 252 g/mol. The van der Waals surface area contributed by atoms with Crippen LogP contribution in [0.25, 0.3) is 0 Å². The lowest BCUT2D eigenvalue weighted by Crippen LogP contribution is -2.17. The third-order valence-corrected chi connectivity index (χ3v) is 1.68. The molecule has 17 heavy (non-hydrogen) atoms. The van der Waals surface area contributed by atoms with Crippen molar-refractivity contribution in [3.63, 3.8) is 0 Å². The molecular formula is C12H14F4O. The van der Waals surface area contributed by atoms with E-state index in [-0.39, 0.29) is 0 Å². The van der Waals surface area contributed by atoms with Crippen molar-refractivity contribution in [2.45, 2.75) is 33.5 Å². The molecule has 1 aromatic rings. The number of benzene rings is 1. The Balaban J connectivity index is 3.25. The van der Waals surface area contributed by atoms with Crippen LogP contribution in [0.1, 0.15) is 29.1 Å². The highest BCUT2D eigenvalue weighted by molar-refractivity contribution is 5.30. The van der Waals surface area contributed by atoms with Gasteiger partial charge in [0.05, 0.1) is 0 Å². The van der Waals surface area contributed by atoms with Gasteiger partial charge in [0.2, 0.25) is 0 Å². The van der Waals surface area contributed by atoms with Crippen LogP contribution in [0.4, 0.5) is 17.6 Å².